The smallest absolute Gasteiger partial charge is 0.410 e. The van der Waals surface area contributed by atoms with Gasteiger partial charge in [0.25, 0.3) is 5.56 Å². The summed E-state index contributed by atoms with van der Waals surface area (Å²) in [6.07, 6.45) is 11.7. The number of hydrogen-bond acceptors (Lipinski definition) is 10. The Balaban J connectivity index is 0.000000321. The van der Waals surface area contributed by atoms with Crippen molar-refractivity contribution >= 4 is 41.4 Å². The van der Waals surface area contributed by atoms with Gasteiger partial charge in [0.15, 0.2) is 0 Å². The second kappa shape index (κ2) is 37.3. The Bertz CT molecular complexity index is 2260. The van der Waals surface area contributed by atoms with E-state index in [2.05, 4.69) is 91.1 Å². The molecule has 0 N–H and O–H groups in total. The van der Waals surface area contributed by atoms with Crippen LogP contribution in [0.15, 0.2) is 65.7 Å². The summed E-state index contributed by atoms with van der Waals surface area (Å²) in [5.74, 6) is 1.12. The predicted octanol–water partition coefficient (Wildman–Crippen LogP) is 10.5. The number of hydrogen-bond donors (Lipinski definition) is 0. The van der Waals surface area contributed by atoms with Crippen LogP contribution in [0.1, 0.15) is 180 Å². The minimum absolute atomic E-state index is 0.0671. The van der Waals surface area contributed by atoms with Crippen molar-refractivity contribution in [3.8, 4) is 0 Å². The molecule has 2 aromatic rings. The Hall–Kier alpha value is -5.91. The molecule has 8 heterocycles. The molecule has 7 amide bonds. The van der Waals surface area contributed by atoms with Crippen LogP contribution in [0.25, 0.3) is 0 Å². The van der Waals surface area contributed by atoms with Crippen LogP contribution >= 0.6 is 0 Å². The minimum Gasteiger partial charge on any atom is -0.448 e. The third-order valence-electron chi connectivity index (χ3n) is 14.8. The molecule has 0 spiro atoms. The van der Waals surface area contributed by atoms with E-state index in [0.717, 1.165) is 90.8 Å². The Morgan fingerprint density at radius 1 is 0.439 bits per heavy atom. The minimum atomic E-state index is -0.176. The predicted molar refractivity (Wildman–Crippen MR) is 331 cm³/mol. The lowest BCUT2D eigenvalue weighted by Gasteiger charge is -2.30. The number of allylic oxidation sites excluding steroid dienone is 1. The number of urea groups is 1. The first-order valence-corrected chi connectivity index (χ1v) is 30.5. The molecule has 0 aliphatic carbocycles. The number of carbonyl (C=O) groups is 6. The molecular formula is C64H109N9O9. The van der Waals surface area contributed by atoms with Crippen molar-refractivity contribution in [2.75, 3.05) is 77.6 Å². The van der Waals surface area contributed by atoms with Gasteiger partial charge in [-0.25, -0.2) is 9.59 Å². The maximum atomic E-state index is 11.4. The number of cyclic esters (lactones) is 1. The molecule has 9 rings (SSSR count). The summed E-state index contributed by atoms with van der Waals surface area (Å²) in [4.78, 5) is 92.8. The molecule has 18 heteroatoms. The number of pyridine rings is 1. The van der Waals surface area contributed by atoms with Crippen molar-refractivity contribution in [1.29, 1.82) is 0 Å². The lowest BCUT2D eigenvalue weighted by Crippen LogP contribution is -2.45. The molecule has 18 nitrogen and oxygen atoms in total. The maximum absolute atomic E-state index is 11.4. The number of anilines is 1. The number of ether oxygens (including phenoxy) is 2. The summed E-state index contributed by atoms with van der Waals surface area (Å²) in [6, 6.07) is 16.8. The van der Waals surface area contributed by atoms with E-state index in [9.17, 15) is 33.6 Å². The van der Waals surface area contributed by atoms with Gasteiger partial charge in [-0.3, -0.25) is 24.0 Å². The standard InChI is InChI=1S/C12H15N.C9H17NO.C8H15NO.C8H11NO.C7H14N2O.C7H13NO2.C7H13NO.C6H11NO2/c1-9(2)13-10(3)8-11-6-4-5-7-12(11)13;1-8(2)10-7-5-3-4-6-9(10)11;2*1-7(2)9-6-4-3-5-8(9)10;1-6(2)9-5-4-8(3)7(9)10;1-6(2)8-3-4-10-5-7(8)9;1-6(2)8-5-3-4-7(8)9;1-5(2)7-3-4-9-6(7)8/h4-7,9H,3,8H2,1-2H3;8H,3-7H2,1-2H3;7H,3-6H2,1-2H3;3-7H,1-2H3;6H,4-5H2,1-3H3;6H,3-5H2,1-2H3;6H,3-5H2,1-2H3;5H,3-4H2,1-2H3. The first kappa shape index (κ1) is 72.2. The van der Waals surface area contributed by atoms with E-state index >= 15 is 0 Å². The first-order valence-electron chi connectivity index (χ1n) is 30.5. The van der Waals surface area contributed by atoms with E-state index in [0.29, 0.717) is 67.2 Å². The number of carbonyl (C=O) groups excluding carboxylic acids is 6. The lowest BCUT2D eigenvalue weighted by atomic mass is 10.1. The van der Waals surface area contributed by atoms with E-state index in [4.69, 9.17) is 9.47 Å². The molecule has 0 unspecified atom stereocenters. The number of benzene rings is 1. The average molecular weight is 1150 g/mol. The Morgan fingerprint density at radius 3 is 1.29 bits per heavy atom. The van der Waals surface area contributed by atoms with Crippen LogP contribution in [0.2, 0.25) is 0 Å². The van der Waals surface area contributed by atoms with Crippen LogP contribution in [0.4, 0.5) is 15.3 Å². The van der Waals surface area contributed by atoms with Crippen LogP contribution in [0, 0.1) is 0 Å². The van der Waals surface area contributed by atoms with E-state index in [1.165, 1.54) is 36.2 Å². The molecular weight excluding hydrogens is 1040 g/mol. The van der Waals surface area contributed by atoms with Gasteiger partial charge < -0.3 is 53.2 Å². The van der Waals surface area contributed by atoms with Crippen molar-refractivity contribution < 1.29 is 38.2 Å². The molecule has 1 aromatic carbocycles. The monoisotopic (exact) mass is 1150 g/mol. The Morgan fingerprint density at radius 2 is 0.902 bits per heavy atom. The number of amides is 7. The number of likely N-dealkylation sites (tertiary alicyclic amines) is 3. The summed E-state index contributed by atoms with van der Waals surface area (Å²) in [5, 5.41) is 0. The van der Waals surface area contributed by atoms with Crippen LogP contribution in [0.3, 0.4) is 0 Å². The highest BCUT2D eigenvalue weighted by molar-refractivity contribution is 5.79. The number of fused-ring (bicyclic) bond motifs is 1. The van der Waals surface area contributed by atoms with E-state index in [1.807, 2.05) is 93.0 Å². The number of nitrogens with zero attached hydrogens (tertiary/aromatic N) is 9. The van der Waals surface area contributed by atoms with Gasteiger partial charge in [-0.1, -0.05) is 37.3 Å². The normalized spacial score (nSPS) is 18.0. The van der Waals surface area contributed by atoms with Crippen molar-refractivity contribution in [2.24, 2.45) is 0 Å². The maximum Gasteiger partial charge on any atom is 0.410 e. The molecule has 0 atom stereocenters. The van der Waals surface area contributed by atoms with E-state index < -0.39 is 0 Å². The van der Waals surface area contributed by atoms with Crippen molar-refractivity contribution in [3.63, 3.8) is 0 Å². The van der Waals surface area contributed by atoms with Crippen LogP contribution < -0.4 is 10.5 Å². The van der Waals surface area contributed by atoms with Gasteiger partial charge in [0.2, 0.25) is 23.6 Å². The van der Waals surface area contributed by atoms with Gasteiger partial charge in [0, 0.05) is 144 Å². The fourth-order valence-corrected chi connectivity index (χ4v) is 10.1. The second-order valence-corrected chi connectivity index (χ2v) is 23.9. The third-order valence-corrected chi connectivity index (χ3v) is 14.8. The van der Waals surface area contributed by atoms with Crippen molar-refractivity contribution in [3.05, 3.63) is 76.9 Å². The number of morpholine rings is 1. The quantitative estimate of drug-likeness (QED) is 0.248. The molecule has 6 saturated heterocycles. The zero-order valence-corrected chi connectivity index (χ0v) is 53.8. The molecule has 82 heavy (non-hydrogen) atoms. The largest absolute Gasteiger partial charge is 0.448 e. The molecule has 6 fully saturated rings. The highest BCUT2D eigenvalue weighted by atomic mass is 16.6. The number of para-hydroxylation sites is 1. The number of aromatic nitrogens is 1. The topological polar surface area (TPSA) is 169 Å². The zero-order chi connectivity index (χ0) is 61.8. The molecule has 0 radical (unpaired) electrons. The summed E-state index contributed by atoms with van der Waals surface area (Å²) in [7, 11) is 1.84. The molecule has 7 aliphatic rings. The Kier molecular flexibility index (Phi) is 32.9. The zero-order valence-electron chi connectivity index (χ0n) is 53.8. The van der Waals surface area contributed by atoms with Gasteiger partial charge >= 0.3 is 12.1 Å². The van der Waals surface area contributed by atoms with Crippen LogP contribution in [-0.2, 0) is 35.1 Å². The highest BCUT2D eigenvalue weighted by Crippen LogP contribution is 2.34. The van der Waals surface area contributed by atoms with Gasteiger partial charge in [-0.05, 0) is 161 Å². The number of likely N-dealkylation sites (N-methyl/N-ethyl adjacent to an activating group) is 1. The van der Waals surface area contributed by atoms with Crippen LogP contribution in [-0.4, -0.2) is 190 Å². The fourth-order valence-electron chi connectivity index (χ4n) is 10.1. The molecule has 464 valence electrons. The van der Waals surface area contributed by atoms with Crippen molar-refractivity contribution in [2.45, 2.75) is 223 Å². The number of rotatable bonds is 8. The van der Waals surface area contributed by atoms with E-state index in [1.54, 1.807) is 32.7 Å². The fraction of sp³-hybridized carbons (Fsp3) is 0.703. The lowest BCUT2D eigenvalue weighted by molar-refractivity contribution is -0.144. The summed E-state index contributed by atoms with van der Waals surface area (Å²) in [6.45, 7) is 44.6. The molecule has 7 aliphatic heterocycles. The Labute approximate surface area is 494 Å². The first-order chi connectivity index (χ1) is 38.6. The molecule has 0 bridgehead atoms. The van der Waals surface area contributed by atoms with Gasteiger partial charge in [0.1, 0.15) is 13.2 Å². The van der Waals surface area contributed by atoms with Crippen molar-refractivity contribution in [1.82, 2.24) is 38.9 Å². The number of piperidine rings is 1. The SMILES string of the molecule is C=C1Cc2ccccc2N1C(C)C.CC(C)N1CCCC1=O.CC(C)N1CCCCC1=O.CC(C)N1CCCCCC1=O.CC(C)N1CCN(C)C1=O.CC(C)N1CCOC1=O.CC(C)N1CCOCC1=O.CC(C)n1ccccc1=O. The van der Waals surface area contributed by atoms with Crippen LogP contribution in [0.5, 0.6) is 0 Å². The summed E-state index contributed by atoms with van der Waals surface area (Å²) in [5.41, 5.74) is 4.03. The van der Waals surface area contributed by atoms with Gasteiger partial charge in [0.05, 0.1) is 13.2 Å². The van der Waals surface area contributed by atoms with E-state index in [-0.39, 0.29) is 42.3 Å². The average Bonchev–Trinajstić information content (AvgIpc) is 4.25. The summed E-state index contributed by atoms with van der Waals surface area (Å²) >= 11 is 0. The third kappa shape index (κ3) is 24.5. The molecule has 1 aromatic heterocycles. The van der Waals surface area contributed by atoms with Gasteiger partial charge in [-0.15, -0.1) is 0 Å². The molecule has 0 saturated carbocycles. The summed E-state index contributed by atoms with van der Waals surface area (Å²) < 4.78 is 11.4. The highest BCUT2D eigenvalue weighted by Gasteiger charge is 2.28. The van der Waals surface area contributed by atoms with Gasteiger partial charge in [-0.2, -0.15) is 0 Å². The second-order valence-electron chi connectivity index (χ2n) is 23.9.